The number of carbonyl (C=O) groups excluding carboxylic acids is 1. The van der Waals surface area contributed by atoms with Gasteiger partial charge >= 0.3 is 0 Å². The van der Waals surface area contributed by atoms with Gasteiger partial charge in [0.05, 0.1) is 17.4 Å². The number of fused-ring (bicyclic) bond motifs is 1. The van der Waals surface area contributed by atoms with E-state index in [1.54, 1.807) is 18.6 Å². The van der Waals surface area contributed by atoms with Gasteiger partial charge in [0.25, 0.3) is 0 Å². The third kappa shape index (κ3) is 3.55. The zero-order valence-corrected chi connectivity index (χ0v) is 14.9. The number of benzene rings is 1. The summed E-state index contributed by atoms with van der Waals surface area (Å²) in [6.07, 6.45) is 8.43. The van der Waals surface area contributed by atoms with Gasteiger partial charge in [-0.25, -0.2) is 4.98 Å². The molecule has 4 rings (SSSR count). The molecule has 0 spiro atoms. The molecule has 6 nitrogen and oxygen atoms in total. The number of aromatic nitrogens is 4. The normalized spacial score (nSPS) is 10.9. The molecule has 0 unspecified atom stereocenters. The number of hydrogen-bond donors (Lipinski definition) is 2. The van der Waals surface area contributed by atoms with Crippen LogP contribution in [0.3, 0.4) is 0 Å². The Morgan fingerprint density at radius 3 is 2.70 bits per heavy atom. The lowest BCUT2D eigenvalue weighted by atomic mass is 9.99. The standard InChI is InChI=1S/C21H19N5O/c1-2-3-21(27)25-16-4-5-17-18(14-6-8-22-9-7-14)11-19(26-20(17)10-16)15-12-23-24-13-15/h4-13H,2-3H2,1H3,(H,23,24)(H,25,27). The fourth-order valence-electron chi connectivity index (χ4n) is 3.07. The second-order valence-electron chi connectivity index (χ2n) is 6.31. The van der Waals surface area contributed by atoms with E-state index in [0.717, 1.165) is 45.4 Å². The zero-order chi connectivity index (χ0) is 18.6. The average Bonchev–Trinajstić information content (AvgIpc) is 3.22. The number of nitrogens with zero attached hydrogens (tertiary/aromatic N) is 3. The molecule has 0 saturated carbocycles. The van der Waals surface area contributed by atoms with Crippen molar-refractivity contribution in [1.29, 1.82) is 0 Å². The molecule has 2 N–H and O–H groups in total. The van der Waals surface area contributed by atoms with Crippen LogP contribution in [0.2, 0.25) is 0 Å². The zero-order valence-electron chi connectivity index (χ0n) is 14.9. The van der Waals surface area contributed by atoms with Crippen LogP contribution >= 0.6 is 0 Å². The third-order valence-corrected chi connectivity index (χ3v) is 4.36. The van der Waals surface area contributed by atoms with Crippen molar-refractivity contribution in [3.8, 4) is 22.4 Å². The Hall–Kier alpha value is -3.54. The highest BCUT2D eigenvalue weighted by Gasteiger charge is 2.11. The smallest absolute Gasteiger partial charge is 0.224 e. The lowest BCUT2D eigenvalue weighted by Gasteiger charge is -2.11. The van der Waals surface area contributed by atoms with Crippen LogP contribution in [0.4, 0.5) is 5.69 Å². The Morgan fingerprint density at radius 1 is 1.11 bits per heavy atom. The van der Waals surface area contributed by atoms with Crippen LogP contribution in [-0.2, 0) is 4.79 Å². The number of rotatable bonds is 5. The van der Waals surface area contributed by atoms with Crippen LogP contribution in [0.15, 0.2) is 61.2 Å². The fourth-order valence-corrected chi connectivity index (χ4v) is 3.07. The molecule has 0 aliphatic rings. The van der Waals surface area contributed by atoms with Crippen molar-refractivity contribution < 1.29 is 4.79 Å². The maximum Gasteiger partial charge on any atom is 0.224 e. The van der Waals surface area contributed by atoms with E-state index in [1.807, 2.05) is 43.5 Å². The Labute approximate surface area is 156 Å². The second kappa shape index (κ2) is 7.37. The van der Waals surface area contributed by atoms with Crippen LogP contribution in [-0.4, -0.2) is 26.1 Å². The molecule has 4 aromatic rings. The SMILES string of the molecule is CCCC(=O)Nc1ccc2c(-c3ccncc3)cc(-c3cn[nH]c3)nc2c1. The molecule has 0 radical (unpaired) electrons. The van der Waals surface area contributed by atoms with Crippen molar-refractivity contribution in [3.05, 3.63) is 61.2 Å². The van der Waals surface area contributed by atoms with Crippen molar-refractivity contribution >= 4 is 22.5 Å². The molecule has 1 amide bonds. The summed E-state index contributed by atoms with van der Waals surface area (Å²) in [4.78, 5) is 20.8. The monoisotopic (exact) mass is 357 g/mol. The molecule has 0 atom stereocenters. The lowest BCUT2D eigenvalue weighted by Crippen LogP contribution is -2.10. The number of pyridine rings is 2. The number of hydrogen-bond acceptors (Lipinski definition) is 4. The molecule has 134 valence electrons. The summed E-state index contributed by atoms with van der Waals surface area (Å²) < 4.78 is 0. The fraction of sp³-hybridized carbons (Fsp3) is 0.143. The number of aromatic amines is 1. The number of amides is 1. The molecule has 27 heavy (non-hydrogen) atoms. The van der Waals surface area contributed by atoms with Crippen LogP contribution in [0.1, 0.15) is 19.8 Å². The number of carbonyl (C=O) groups is 1. The van der Waals surface area contributed by atoms with Crippen molar-refractivity contribution in [2.45, 2.75) is 19.8 Å². The quantitative estimate of drug-likeness (QED) is 0.553. The molecule has 1 aromatic carbocycles. The molecule has 6 heteroatoms. The van der Waals surface area contributed by atoms with E-state index >= 15 is 0 Å². The van der Waals surface area contributed by atoms with E-state index in [0.29, 0.717) is 6.42 Å². The molecule has 3 heterocycles. The Bertz CT molecular complexity index is 1070. The summed E-state index contributed by atoms with van der Waals surface area (Å²) in [7, 11) is 0. The highest BCUT2D eigenvalue weighted by molar-refractivity contribution is 6.00. The van der Waals surface area contributed by atoms with Crippen LogP contribution in [0.5, 0.6) is 0 Å². The first-order chi connectivity index (χ1) is 13.2. The highest BCUT2D eigenvalue weighted by Crippen LogP contribution is 2.32. The van der Waals surface area contributed by atoms with E-state index in [2.05, 4.69) is 26.6 Å². The van der Waals surface area contributed by atoms with Crippen LogP contribution in [0, 0.1) is 0 Å². The van der Waals surface area contributed by atoms with E-state index < -0.39 is 0 Å². The summed E-state index contributed by atoms with van der Waals surface area (Å²) in [5.74, 6) is 0.0113. The first-order valence-electron chi connectivity index (χ1n) is 8.89. The average molecular weight is 357 g/mol. The van der Waals surface area contributed by atoms with Crippen molar-refractivity contribution in [1.82, 2.24) is 20.2 Å². The van der Waals surface area contributed by atoms with Gasteiger partial charge in [0, 0.05) is 41.6 Å². The minimum Gasteiger partial charge on any atom is -0.326 e. The van der Waals surface area contributed by atoms with Gasteiger partial charge in [-0.1, -0.05) is 13.0 Å². The Balaban J connectivity index is 1.86. The summed E-state index contributed by atoms with van der Waals surface area (Å²) in [6.45, 7) is 1.99. The van der Waals surface area contributed by atoms with Gasteiger partial charge in [-0.15, -0.1) is 0 Å². The van der Waals surface area contributed by atoms with Gasteiger partial charge in [0.15, 0.2) is 0 Å². The predicted octanol–water partition coefficient (Wildman–Crippen LogP) is 4.43. The predicted molar refractivity (Wildman–Crippen MR) is 106 cm³/mol. The molecule has 0 fully saturated rings. The van der Waals surface area contributed by atoms with Gasteiger partial charge in [0.2, 0.25) is 5.91 Å². The number of nitrogens with one attached hydrogen (secondary N) is 2. The van der Waals surface area contributed by atoms with E-state index in [4.69, 9.17) is 4.98 Å². The molecule has 0 aliphatic heterocycles. The third-order valence-electron chi connectivity index (χ3n) is 4.36. The Morgan fingerprint density at radius 2 is 1.96 bits per heavy atom. The maximum absolute atomic E-state index is 11.9. The van der Waals surface area contributed by atoms with Crippen molar-refractivity contribution in [3.63, 3.8) is 0 Å². The minimum absolute atomic E-state index is 0.0113. The van der Waals surface area contributed by atoms with Gasteiger partial charge in [-0.2, -0.15) is 5.10 Å². The van der Waals surface area contributed by atoms with Gasteiger partial charge in [0.1, 0.15) is 0 Å². The number of H-pyrrole nitrogens is 1. The summed E-state index contributed by atoms with van der Waals surface area (Å²) in [5, 5.41) is 10.8. The molecular weight excluding hydrogens is 338 g/mol. The van der Waals surface area contributed by atoms with Crippen LogP contribution < -0.4 is 5.32 Å². The lowest BCUT2D eigenvalue weighted by molar-refractivity contribution is -0.116. The topological polar surface area (TPSA) is 83.6 Å². The number of anilines is 1. The van der Waals surface area contributed by atoms with Crippen molar-refractivity contribution in [2.75, 3.05) is 5.32 Å². The van der Waals surface area contributed by atoms with E-state index in [1.165, 1.54) is 0 Å². The van der Waals surface area contributed by atoms with Gasteiger partial charge < -0.3 is 5.32 Å². The Kier molecular flexibility index (Phi) is 4.61. The first-order valence-corrected chi connectivity index (χ1v) is 8.89. The van der Waals surface area contributed by atoms with E-state index in [-0.39, 0.29) is 5.91 Å². The summed E-state index contributed by atoms with van der Waals surface area (Å²) in [6, 6.07) is 11.8. The molecule has 3 aromatic heterocycles. The highest BCUT2D eigenvalue weighted by atomic mass is 16.1. The summed E-state index contributed by atoms with van der Waals surface area (Å²) in [5.41, 5.74) is 5.41. The van der Waals surface area contributed by atoms with E-state index in [9.17, 15) is 4.79 Å². The first kappa shape index (κ1) is 16.9. The minimum atomic E-state index is 0.0113. The summed E-state index contributed by atoms with van der Waals surface area (Å²) >= 11 is 0. The molecule has 0 bridgehead atoms. The van der Waals surface area contributed by atoms with Gasteiger partial charge in [-0.3, -0.25) is 14.9 Å². The van der Waals surface area contributed by atoms with Crippen LogP contribution in [0.25, 0.3) is 33.3 Å². The van der Waals surface area contributed by atoms with Crippen molar-refractivity contribution in [2.24, 2.45) is 0 Å². The molecule has 0 aliphatic carbocycles. The maximum atomic E-state index is 11.9. The second-order valence-corrected chi connectivity index (χ2v) is 6.31. The molecule has 0 saturated heterocycles. The largest absolute Gasteiger partial charge is 0.326 e. The molecular formula is C21H19N5O. The van der Waals surface area contributed by atoms with Gasteiger partial charge in [-0.05, 0) is 47.9 Å².